The number of hydrogen-bond donors (Lipinski definition) is 2. The molecule has 2 aromatic heterocycles. The lowest BCUT2D eigenvalue weighted by atomic mass is 10.1. The molecule has 8 nitrogen and oxygen atoms in total. The number of nitrogens with one attached hydrogen (secondary N) is 2. The zero-order valence-electron chi connectivity index (χ0n) is 14.0. The second-order valence-electron chi connectivity index (χ2n) is 5.90. The number of carbonyl (C=O) groups excluding carboxylic acids is 1. The van der Waals surface area contributed by atoms with Crippen LogP contribution in [-0.2, 0) is 18.3 Å². The molecule has 8 heteroatoms. The second-order valence-corrected chi connectivity index (χ2v) is 5.90. The van der Waals surface area contributed by atoms with Crippen LogP contribution in [0.15, 0.2) is 18.3 Å². The second kappa shape index (κ2) is 7.39. The molecule has 128 valence electrons. The standard InChI is InChI=1S/C16H22N6O2/c1-11-12(10-18-22(11)2)9-17-15-4-3-14(20-21-15)16(23)19-13-5-7-24-8-6-13/h3-4,10,13H,5-9H2,1-2H3,(H,17,21)(H,19,23). The van der Waals surface area contributed by atoms with E-state index >= 15 is 0 Å². The molecule has 0 spiro atoms. The van der Waals surface area contributed by atoms with Crippen LogP contribution >= 0.6 is 0 Å². The first-order valence-electron chi connectivity index (χ1n) is 8.07. The van der Waals surface area contributed by atoms with Crippen molar-refractivity contribution in [2.24, 2.45) is 7.05 Å². The fraction of sp³-hybridized carbons (Fsp3) is 0.500. The predicted molar refractivity (Wildman–Crippen MR) is 88.6 cm³/mol. The third-order valence-corrected chi connectivity index (χ3v) is 4.25. The maximum absolute atomic E-state index is 12.2. The lowest BCUT2D eigenvalue weighted by molar-refractivity contribution is 0.0693. The summed E-state index contributed by atoms with van der Waals surface area (Å²) >= 11 is 0. The van der Waals surface area contributed by atoms with E-state index in [1.54, 1.807) is 12.1 Å². The fourth-order valence-corrected chi connectivity index (χ4v) is 2.55. The zero-order valence-corrected chi connectivity index (χ0v) is 14.0. The molecule has 1 amide bonds. The Kier molecular flexibility index (Phi) is 5.05. The Hall–Kier alpha value is -2.48. The first-order chi connectivity index (χ1) is 11.6. The van der Waals surface area contributed by atoms with Crippen molar-refractivity contribution >= 4 is 11.7 Å². The molecule has 2 N–H and O–H groups in total. The van der Waals surface area contributed by atoms with Gasteiger partial charge in [-0.05, 0) is 31.9 Å². The summed E-state index contributed by atoms with van der Waals surface area (Å²) in [7, 11) is 1.91. The molecule has 1 aliphatic heterocycles. The molecule has 3 rings (SSSR count). The summed E-state index contributed by atoms with van der Waals surface area (Å²) in [6, 6.07) is 3.59. The van der Waals surface area contributed by atoms with E-state index in [9.17, 15) is 4.79 Å². The highest BCUT2D eigenvalue weighted by Gasteiger charge is 2.18. The van der Waals surface area contributed by atoms with Crippen molar-refractivity contribution < 1.29 is 9.53 Å². The van der Waals surface area contributed by atoms with Crippen molar-refractivity contribution in [3.05, 3.63) is 35.3 Å². The van der Waals surface area contributed by atoms with Gasteiger partial charge in [0.1, 0.15) is 5.82 Å². The number of anilines is 1. The summed E-state index contributed by atoms with van der Waals surface area (Å²) in [4.78, 5) is 12.2. The molecule has 1 saturated heterocycles. The normalized spacial score (nSPS) is 15.2. The van der Waals surface area contributed by atoms with Crippen molar-refractivity contribution in [2.75, 3.05) is 18.5 Å². The molecule has 0 bridgehead atoms. The minimum atomic E-state index is -0.191. The van der Waals surface area contributed by atoms with Gasteiger partial charge in [0.15, 0.2) is 5.69 Å². The van der Waals surface area contributed by atoms with Gasteiger partial charge in [-0.25, -0.2) is 0 Å². The Morgan fingerprint density at radius 1 is 1.33 bits per heavy atom. The summed E-state index contributed by atoms with van der Waals surface area (Å²) in [6.07, 6.45) is 3.50. The summed E-state index contributed by atoms with van der Waals surface area (Å²) in [5, 5.41) is 18.4. The number of aryl methyl sites for hydroxylation is 1. The average molecular weight is 330 g/mol. The van der Waals surface area contributed by atoms with Gasteiger partial charge in [-0.3, -0.25) is 9.48 Å². The molecule has 0 aromatic carbocycles. The zero-order chi connectivity index (χ0) is 16.9. The number of hydrogen-bond acceptors (Lipinski definition) is 6. The highest BCUT2D eigenvalue weighted by molar-refractivity contribution is 5.92. The number of ether oxygens (including phenoxy) is 1. The molecule has 0 aliphatic carbocycles. The van der Waals surface area contributed by atoms with Gasteiger partial charge in [0.05, 0.1) is 6.20 Å². The average Bonchev–Trinajstić information content (AvgIpc) is 2.93. The maximum Gasteiger partial charge on any atom is 0.272 e. The van der Waals surface area contributed by atoms with E-state index in [2.05, 4.69) is 25.9 Å². The van der Waals surface area contributed by atoms with Gasteiger partial charge >= 0.3 is 0 Å². The quantitative estimate of drug-likeness (QED) is 0.851. The van der Waals surface area contributed by atoms with Gasteiger partial charge in [0.2, 0.25) is 0 Å². The minimum absolute atomic E-state index is 0.152. The van der Waals surface area contributed by atoms with Crippen LogP contribution in [0.3, 0.4) is 0 Å². The van der Waals surface area contributed by atoms with E-state index in [0.717, 1.165) is 24.1 Å². The van der Waals surface area contributed by atoms with Crippen LogP contribution in [0.4, 0.5) is 5.82 Å². The molecular formula is C16H22N6O2. The highest BCUT2D eigenvalue weighted by Crippen LogP contribution is 2.10. The van der Waals surface area contributed by atoms with Crippen molar-refractivity contribution in [1.82, 2.24) is 25.3 Å². The van der Waals surface area contributed by atoms with E-state index in [0.29, 0.717) is 31.3 Å². The number of aromatic nitrogens is 4. The summed E-state index contributed by atoms with van der Waals surface area (Å²) < 4.78 is 7.11. The third kappa shape index (κ3) is 3.88. The molecule has 2 aromatic rings. The van der Waals surface area contributed by atoms with E-state index in [1.165, 1.54) is 0 Å². The molecular weight excluding hydrogens is 308 g/mol. The highest BCUT2D eigenvalue weighted by atomic mass is 16.5. The predicted octanol–water partition coefficient (Wildman–Crippen LogP) is 1.04. The molecule has 1 aliphatic rings. The Morgan fingerprint density at radius 2 is 2.12 bits per heavy atom. The maximum atomic E-state index is 12.2. The van der Waals surface area contributed by atoms with Crippen molar-refractivity contribution in [3.8, 4) is 0 Å². The van der Waals surface area contributed by atoms with Crippen LogP contribution in [0.2, 0.25) is 0 Å². The van der Waals surface area contributed by atoms with Gasteiger partial charge in [-0.2, -0.15) is 5.10 Å². The lowest BCUT2D eigenvalue weighted by Crippen LogP contribution is -2.39. The first-order valence-corrected chi connectivity index (χ1v) is 8.07. The van der Waals surface area contributed by atoms with Gasteiger partial charge in [0, 0.05) is 44.1 Å². The van der Waals surface area contributed by atoms with Crippen molar-refractivity contribution in [2.45, 2.75) is 32.4 Å². The smallest absolute Gasteiger partial charge is 0.272 e. The van der Waals surface area contributed by atoms with Crippen LogP contribution in [0.1, 0.15) is 34.6 Å². The van der Waals surface area contributed by atoms with E-state index in [-0.39, 0.29) is 11.9 Å². The van der Waals surface area contributed by atoms with Gasteiger partial charge in [0.25, 0.3) is 5.91 Å². The van der Waals surface area contributed by atoms with E-state index < -0.39 is 0 Å². The minimum Gasteiger partial charge on any atom is -0.381 e. The monoisotopic (exact) mass is 330 g/mol. The van der Waals surface area contributed by atoms with Crippen LogP contribution in [-0.4, -0.2) is 45.1 Å². The number of nitrogens with zero attached hydrogens (tertiary/aromatic N) is 4. The number of rotatable bonds is 5. The molecule has 0 saturated carbocycles. The molecule has 1 fully saturated rings. The topological polar surface area (TPSA) is 94.0 Å². The van der Waals surface area contributed by atoms with Crippen LogP contribution < -0.4 is 10.6 Å². The molecule has 0 radical (unpaired) electrons. The molecule has 0 atom stereocenters. The fourth-order valence-electron chi connectivity index (χ4n) is 2.55. The van der Waals surface area contributed by atoms with E-state index in [1.807, 2.05) is 24.9 Å². The van der Waals surface area contributed by atoms with Crippen LogP contribution in [0, 0.1) is 6.92 Å². The first kappa shape index (κ1) is 16.4. The third-order valence-electron chi connectivity index (χ3n) is 4.25. The van der Waals surface area contributed by atoms with Crippen molar-refractivity contribution in [3.63, 3.8) is 0 Å². The lowest BCUT2D eigenvalue weighted by Gasteiger charge is -2.22. The Balaban J connectivity index is 1.54. The largest absolute Gasteiger partial charge is 0.381 e. The van der Waals surface area contributed by atoms with Gasteiger partial charge < -0.3 is 15.4 Å². The molecule has 3 heterocycles. The summed E-state index contributed by atoms with van der Waals surface area (Å²) in [6.45, 7) is 4.00. The van der Waals surface area contributed by atoms with Crippen LogP contribution in [0.5, 0.6) is 0 Å². The molecule has 24 heavy (non-hydrogen) atoms. The number of carbonyl (C=O) groups is 1. The summed E-state index contributed by atoms with van der Waals surface area (Å²) in [5.74, 6) is 0.435. The molecule has 0 unspecified atom stereocenters. The van der Waals surface area contributed by atoms with E-state index in [4.69, 9.17) is 4.74 Å². The Labute approximate surface area is 140 Å². The van der Waals surface area contributed by atoms with Gasteiger partial charge in [-0.1, -0.05) is 0 Å². The Morgan fingerprint density at radius 3 is 2.75 bits per heavy atom. The SMILES string of the molecule is Cc1c(CNc2ccc(C(=O)NC3CCOCC3)nn2)cnn1C. The van der Waals surface area contributed by atoms with Crippen molar-refractivity contribution in [1.29, 1.82) is 0 Å². The Bertz CT molecular complexity index is 691. The van der Waals surface area contributed by atoms with Gasteiger partial charge in [-0.15, -0.1) is 10.2 Å². The van der Waals surface area contributed by atoms with Crippen LogP contribution in [0.25, 0.3) is 0 Å². The number of amides is 1. The summed E-state index contributed by atoms with van der Waals surface area (Å²) in [5.41, 5.74) is 2.52.